The summed E-state index contributed by atoms with van der Waals surface area (Å²) in [5, 5.41) is 0. The Hall–Kier alpha value is -1.76. The number of fused-ring (bicyclic) bond motifs is 1. The lowest BCUT2D eigenvalue weighted by Crippen LogP contribution is -2.35. The number of methoxy groups -OCH3 is 3. The minimum atomic E-state index is -0.893. The molecule has 6 heteroatoms. The number of ether oxygens (including phenoxy) is 4. The number of cyclic esters (lactones) is 2. The van der Waals surface area contributed by atoms with Gasteiger partial charge in [-0.2, -0.15) is 0 Å². The topological polar surface area (TPSA) is 71.1 Å². The van der Waals surface area contributed by atoms with Gasteiger partial charge in [0.05, 0.1) is 11.1 Å². The van der Waals surface area contributed by atoms with Crippen LogP contribution in [-0.4, -0.2) is 39.2 Å². The predicted octanol–water partition coefficient (Wildman–Crippen LogP) is 5.42. The van der Waals surface area contributed by atoms with Gasteiger partial charge in [-0.25, -0.2) is 9.59 Å². The van der Waals surface area contributed by atoms with Gasteiger partial charge in [0.25, 0.3) is 5.97 Å². The average molecular weight is 421 g/mol. The van der Waals surface area contributed by atoms with Crippen LogP contribution < -0.4 is 0 Å². The number of carbonyl (C=O) groups is 2. The zero-order valence-electron chi connectivity index (χ0n) is 18.7. The van der Waals surface area contributed by atoms with Gasteiger partial charge in [0, 0.05) is 27.8 Å². The van der Waals surface area contributed by atoms with Crippen molar-refractivity contribution in [3.63, 3.8) is 0 Å². The quantitative estimate of drug-likeness (QED) is 0.154. The molecule has 0 spiro atoms. The fraction of sp³-hybridized carbons (Fsp3) is 0.667. The Kier molecular flexibility index (Phi) is 10.5. The van der Waals surface area contributed by atoms with Crippen molar-refractivity contribution in [2.24, 2.45) is 0 Å². The number of aryl methyl sites for hydroxylation is 1. The standard InChI is InChI=1S/C24H36O6/c1-27-24(28-2,29-3)18-13-11-9-7-5-4-6-8-10-12-15-19-16-14-17-20-21(19)23(26)30-22(20)25/h14,16-17H,4-13,15,18H2,1-3H3. The summed E-state index contributed by atoms with van der Waals surface area (Å²) in [6.45, 7) is 0. The lowest BCUT2D eigenvalue weighted by atomic mass is 9.97. The van der Waals surface area contributed by atoms with Crippen molar-refractivity contribution in [3.05, 3.63) is 34.9 Å². The molecule has 1 heterocycles. The normalized spacial score (nSPS) is 13.6. The fourth-order valence-corrected chi connectivity index (χ4v) is 4.04. The van der Waals surface area contributed by atoms with Crippen molar-refractivity contribution < 1.29 is 28.5 Å². The van der Waals surface area contributed by atoms with Gasteiger partial charge < -0.3 is 18.9 Å². The van der Waals surface area contributed by atoms with Gasteiger partial charge in [0.1, 0.15) is 0 Å². The highest BCUT2D eigenvalue weighted by molar-refractivity contribution is 6.15. The highest BCUT2D eigenvalue weighted by Gasteiger charge is 2.31. The van der Waals surface area contributed by atoms with Gasteiger partial charge in [-0.3, -0.25) is 0 Å². The number of hydrogen-bond donors (Lipinski definition) is 0. The average Bonchev–Trinajstić information content (AvgIpc) is 3.06. The van der Waals surface area contributed by atoms with Crippen LogP contribution in [0.2, 0.25) is 0 Å². The first-order chi connectivity index (χ1) is 14.6. The maximum Gasteiger partial charge on any atom is 0.347 e. The Bertz CT molecular complexity index is 672. The molecule has 1 aromatic carbocycles. The minimum Gasteiger partial charge on any atom is -0.386 e. The molecule has 0 unspecified atom stereocenters. The van der Waals surface area contributed by atoms with E-state index in [4.69, 9.17) is 18.9 Å². The Balaban J connectivity index is 1.48. The molecule has 0 saturated heterocycles. The molecule has 0 saturated carbocycles. The monoisotopic (exact) mass is 420 g/mol. The lowest BCUT2D eigenvalue weighted by molar-refractivity contribution is -0.355. The Morgan fingerprint density at radius 1 is 0.733 bits per heavy atom. The van der Waals surface area contributed by atoms with E-state index in [1.54, 1.807) is 27.4 Å². The van der Waals surface area contributed by atoms with Gasteiger partial charge in [0.2, 0.25) is 0 Å². The number of unbranched alkanes of at least 4 members (excludes halogenated alkanes) is 9. The lowest BCUT2D eigenvalue weighted by Gasteiger charge is -2.28. The van der Waals surface area contributed by atoms with Gasteiger partial charge in [-0.1, -0.05) is 63.5 Å². The predicted molar refractivity (Wildman–Crippen MR) is 114 cm³/mol. The zero-order chi connectivity index (χ0) is 21.8. The molecule has 0 aliphatic carbocycles. The van der Waals surface area contributed by atoms with Crippen LogP contribution in [-0.2, 0) is 25.4 Å². The maximum atomic E-state index is 11.8. The van der Waals surface area contributed by atoms with Crippen molar-refractivity contribution in [2.45, 2.75) is 83.0 Å². The van der Waals surface area contributed by atoms with Crippen molar-refractivity contribution in [1.82, 2.24) is 0 Å². The van der Waals surface area contributed by atoms with E-state index in [1.807, 2.05) is 12.1 Å². The summed E-state index contributed by atoms with van der Waals surface area (Å²) in [7, 11) is 4.82. The van der Waals surface area contributed by atoms with E-state index in [1.165, 1.54) is 38.5 Å². The molecule has 0 bridgehead atoms. The van der Waals surface area contributed by atoms with Crippen LogP contribution in [0.25, 0.3) is 0 Å². The molecule has 0 fully saturated rings. The third-order valence-corrected chi connectivity index (χ3v) is 5.87. The highest BCUT2D eigenvalue weighted by atomic mass is 16.9. The largest absolute Gasteiger partial charge is 0.386 e. The van der Waals surface area contributed by atoms with Crippen molar-refractivity contribution in [2.75, 3.05) is 21.3 Å². The van der Waals surface area contributed by atoms with E-state index in [0.717, 1.165) is 44.1 Å². The first-order valence-corrected chi connectivity index (χ1v) is 11.1. The first-order valence-electron chi connectivity index (χ1n) is 11.1. The Morgan fingerprint density at radius 2 is 1.27 bits per heavy atom. The van der Waals surface area contributed by atoms with Gasteiger partial charge >= 0.3 is 11.9 Å². The Morgan fingerprint density at radius 3 is 1.83 bits per heavy atom. The summed E-state index contributed by atoms with van der Waals surface area (Å²) in [6.07, 6.45) is 13.4. The molecular formula is C24H36O6. The molecule has 0 radical (unpaired) electrons. The van der Waals surface area contributed by atoms with Crippen LogP contribution in [0.3, 0.4) is 0 Å². The van der Waals surface area contributed by atoms with Crippen LogP contribution in [0.4, 0.5) is 0 Å². The molecule has 1 aliphatic rings. The number of carbonyl (C=O) groups excluding carboxylic acids is 2. The third kappa shape index (κ3) is 6.89. The first kappa shape index (κ1) is 24.5. The Labute approximate surface area is 180 Å². The molecule has 30 heavy (non-hydrogen) atoms. The number of hydrogen-bond acceptors (Lipinski definition) is 6. The molecule has 1 aromatic rings. The van der Waals surface area contributed by atoms with Crippen LogP contribution in [0.1, 0.15) is 96.9 Å². The molecule has 0 aromatic heterocycles. The van der Waals surface area contributed by atoms with E-state index < -0.39 is 17.9 Å². The van der Waals surface area contributed by atoms with E-state index in [9.17, 15) is 9.59 Å². The summed E-state index contributed by atoms with van der Waals surface area (Å²) in [4.78, 5) is 23.4. The zero-order valence-corrected chi connectivity index (χ0v) is 18.7. The highest BCUT2D eigenvalue weighted by Crippen LogP contribution is 2.25. The second-order valence-corrected chi connectivity index (χ2v) is 7.85. The molecule has 0 amide bonds. The summed E-state index contributed by atoms with van der Waals surface area (Å²) < 4.78 is 20.6. The maximum absolute atomic E-state index is 11.8. The van der Waals surface area contributed by atoms with Gasteiger partial charge in [0.15, 0.2) is 0 Å². The molecule has 168 valence electrons. The van der Waals surface area contributed by atoms with Crippen LogP contribution in [0.15, 0.2) is 18.2 Å². The number of rotatable bonds is 16. The van der Waals surface area contributed by atoms with Crippen LogP contribution in [0.5, 0.6) is 0 Å². The SMILES string of the molecule is COC(CCCCCCCCCCCCc1cccc2c1C(=O)OC2=O)(OC)OC. The second-order valence-electron chi connectivity index (χ2n) is 7.85. The second kappa shape index (κ2) is 12.8. The van der Waals surface area contributed by atoms with Crippen LogP contribution >= 0.6 is 0 Å². The van der Waals surface area contributed by atoms with E-state index in [-0.39, 0.29) is 0 Å². The minimum absolute atomic E-state index is 0.412. The molecular weight excluding hydrogens is 384 g/mol. The molecule has 1 aliphatic heterocycles. The number of esters is 2. The number of benzene rings is 1. The van der Waals surface area contributed by atoms with Crippen LogP contribution in [0, 0.1) is 0 Å². The smallest absolute Gasteiger partial charge is 0.347 e. The molecule has 6 nitrogen and oxygen atoms in total. The van der Waals surface area contributed by atoms with E-state index in [2.05, 4.69) is 0 Å². The summed E-state index contributed by atoms with van der Waals surface area (Å²) >= 11 is 0. The fourth-order valence-electron chi connectivity index (χ4n) is 4.04. The summed E-state index contributed by atoms with van der Waals surface area (Å²) in [5.41, 5.74) is 1.82. The molecule has 0 N–H and O–H groups in total. The summed E-state index contributed by atoms with van der Waals surface area (Å²) in [6, 6.07) is 5.41. The molecule has 0 atom stereocenters. The molecule has 2 rings (SSSR count). The van der Waals surface area contributed by atoms with Crippen molar-refractivity contribution in [3.8, 4) is 0 Å². The summed E-state index contributed by atoms with van der Waals surface area (Å²) in [5.74, 6) is -1.91. The van der Waals surface area contributed by atoms with E-state index >= 15 is 0 Å². The van der Waals surface area contributed by atoms with Crippen molar-refractivity contribution in [1.29, 1.82) is 0 Å². The van der Waals surface area contributed by atoms with Crippen molar-refractivity contribution >= 4 is 11.9 Å². The third-order valence-electron chi connectivity index (χ3n) is 5.87. The van der Waals surface area contributed by atoms with E-state index in [0.29, 0.717) is 11.1 Å². The van der Waals surface area contributed by atoms with Gasteiger partial charge in [-0.05, 0) is 30.9 Å². The van der Waals surface area contributed by atoms with Gasteiger partial charge in [-0.15, -0.1) is 0 Å².